The number of carbonyl (C=O) groups is 1. The summed E-state index contributed by atoms with van der Waals surface area (Å²) in [6.07, 6.45) is 1.11. The van der Waals surface area contributed by atoms with E-state index in [0.717, 1.165) is 19.5 Å². The van der Waals surface area contributed by atoms with Gasteiger partial charge in [-0.25, -0.2) is 5.01 Å². The van der Waals surface area contributed by atoms with Crippen LogP contribution in [0.15, 0.2) is 0 Å². The summed E-state index contributed by atoms with van der Waals surface area (Å²) in [6, 6.07) is 0.446. The predicted molar refractivity (Wildman–Crippen MR) is 43.8 cm³/mol. The molecule has 0 aromatic rings. The summed E-state index contributed by atoms with van der Waals surface area (Å²) in [5.41, 5.74) is 0. The van der Waals surface area contributed by atoms with Crippen molar-refractivity contribution in [2.75, 3.05) is 13.1 Å². The second kappa shape index (κ2) is 3.22. The van der Waals surface area contributed by atoms with Crippen molar-refractivity contribution in [3.63, 3.8) is 0 Å². The van der Waals surface area contributed by atoms with Crippen LogP contribution in [0, 0.1) is 0 Å². The van der Waals surface area contributed by atoms with Crippen molar-refractivity contribution in [2.24, 2.45) is 0 Å². The second-order valence-electron chi connectivity index (χ2n) is 3.25. The fraction of sp³-hybridized carbons (Fsp3) is 0.875. The van der Waals surface area contributed by atoms with Gasteiger partial charge in [-0.3, -0.25) is 9.80 Å². The van der Waals surface area contributed by atoms with E-state index in [1.165, 1.54) is 0 Å². The first-order valence-corrected chi connectivity index (χ1v) is 4.17. The van der Waals surface area contributed by atoms with Crippen molar-refractivity contribution >= 4 is 5.91 Å². The quantitative estimate of drug-likeness (QED) is 0.562. The highest BCUT2D eigenvalue weighted by Gasteiger charge is 2.25. The molecule has 1 amide bonds. The van der Waals surface area contributed by atoms with E-state index >= 15 is 0 Å². The monoisotopic (exact) mass is 156 g/mol. The van der Waals surface area contributed by atoms with Crippen molar-refractivity contribution < 1.29 is 4.79 Å². The van der Waals surface area contributed by atoms with Crippen molar-refractivity contribution in [3.8, 4) is 0 Å². The highest BCUT2D eigenvalue weighted by atomic mass is 16.2. The molecule has 0 N–H and O–H groups in total. The Morgan fingerprint density at radius 3 is 2.36 bits per heavy atom. The van der Waals surface area contributed by atoms with Crippen LogP contribution in [0.1, 0.15) is 27.2 Å². The van der Waals surface area contributed by atoms with Gasteiger partial charge >= 0.3 is 0 Å². The Morgan fingerprint density at radius 2 is 2.00 bits per heavy atom. The Kier molecular flexibility index (Phi) is 2.49. The fourth-order valence-corrected chi connectivity index (χ4v) is 1.51. The van der Waals surface area contributed by atoms with Crippen molar-refractivity contribution in [1.29, 1.82) is 0 Å². The van der Waals surface area contributed by atoms with Crippen LogP contribution in [0.4, 0.5) is 0 Å². The molecule has 0 aromatic carbocycles. The Hall–Kier alpha value is -0.570. The lowest BCUT2D eigenvalue weighted by molar-refractivity contribution is -0.143. The van der Waals surface area contributed by atoms with E-state index in [-0.39, 0.29) is 5.91 Å². The molecule has 11 heavy (non-hydrogen) atoms. The molecule has 3 nitrogen and oxygen atoms in total. The number of hydrogen-bond acceptors (Lipinski definition) is 2. The van der Waals surface area contributed by atoms with Gasteiger partial charge in [-0.1, -0.05) is 0 Å². The lowest BCUT2D eigenvalue weighted by Gasteiger charge is -2.30. The molecule has 0 spiro atoms. The molecule has 1 fully saturated rings. The van der Waals surface area contributed by atoms with Gasteiger partial charge in [0, 0.05) is 26.1 Å². The topological polar surface area (TPSA) is 23.6 Å². The van der Waals surface area contributed by atoms with Gasteiger partial charge < -0.3 is 0 Å². The van der Waals surface area contributed by atoms with E-state index in [9.17, 15) is 4.79 Å². The van der Waals surface area contributed by atoms with Crippen LogP contribution in [0.5, 0.6) is 0 Å². The lowest BCUT2D eigenvalue weighted by Crippen LogP contribution is -2.43. The highest BCUT2D eigenvalue weighted by Crippen LogP contribution is 2.13. The van der Waals surface area contributed by atoms with Gasteiger partial charge in [0.25, 0.3) is 0 Å². The van der Waals surface area contributed by atoms with Crippen LogP contribution in [-0.4, -0.2) is 35.1 Å². The number of nitrogens with zero attached hydrogens (tertiary/aromatic N) is 2. The van der Waals surface area contributed by atoms with Crippen LogP contribution >= 0.6 is 0 Å². The molecule has 1 saturated heterocycles. The summed E-state index contributed by atoms with van der Waals surface area (Å²) in [4.78, 5) is 11.0. The maximum Gasteiger partial charge on any atom is 0.233 e. The minimum atomic E-state index is 0.163. The van der Waals surface area contributed by atoms with E-state index in [4.69, 9.17) is 0 Å². The number of carbonyl (C=O) groups excluding carboxylic acids is 1. The zero-order chi connectivity index (χ0) is 8.43. The van der Waals surface area contributed by atoms with Crippen molar-refractivity contribution in [2.45, 2.75) is 33.2 Å². The molecule has 0 unspecified atom stereocenters. The number of rotatable bonds is 1. The first-order valence-electron chi connectivity index (χ1n) is 4.17. The lowest BCUT2D eigenvalue weighted by atomic mass is 10.4. The van der Waals surface area contributed by atoms with Gasteiger partial charge in [0.2, 0.25) is 5.91 Å². The highest BCUT2D eigenvalue weighted by molar-refractivity contribution is 5.72. The van der Waals surface area contributed by atoms with Gasteiger partial charge in [0.1, 0.15) is 0 Å². The molecule has 0 atom stereocenters. The third-order valence-corrected chi connectivity index (χ3v) is 2.03. The molecule has 64 valence electrons. The van der Waals surface area contributed by atoms with Gasteiger partial charge in [0.15, 0.2) is 0 Å². The van der Waals surface area contributed by atoms with E-state index in [1.54, 1.807) is 6.92 Å². The largest absolute Gasteiger partial charge is 0.275 e. The average Bonchev–Trinajstić information content (AvgIpc) is 2.32. The van der Waals surface area contributed by atoms with Crippen LogP contribution in [0.2, 0.25) is 0 Å². The second-order valence-corrected chi connectivity index (χ2v) is 3.25. The first kappa shape index (κ1) is 8.53. The Balaban J connectivity index is 2.58. The summed E-state index contributed by atoms with van der Waals surface area (Å²) in [6.45, 7) is 7.77. The molecule has 0 aliphatic carbocycles. The maximum atomic E-state index is 11.0. The van der Waals surface area contributed by atoms with Gasteiger partial charge in [-0.05, 0) is 20.3 Å². The van der Waals surface area contributed by atoms with Gasteiger partial charge in [0.05, 0.1) is 0 Å². The third-order valence-electron chi connectivity index (χ3n) is 2.03. The molecule has 1 aliphatic rings. The molecule has 3 heteroatoms. The molecule has 0 bridgehead atoms. The SMILES string of the molecule is CC(=O)N1CCCN1C(C)C. The fourth-order valence-electron chi connectivity index (χ4n) is 1.51. The minimum Gasteiger partial charge on any atom is -0.275 e. The molecule has 0 aromatic heterocycles. The zero-order valence-corrected chi connectivity index (χ0v) is 7.50. The summed E-state index contributed by atoms with van der Waals surface area (Å²) in [7, 11) is 0. The predicted octanol–water partition coefficient (Wildman–Crippen LogP) is 0.864. The van der Waals surface area contributed by atoms with E-state index in [2.05, 4.69) is 18.9 Å². The van der Waals surface area contributed by atoms with Crippen LogP contribution in [0.3, 0.4) is 0 Å². The Morgan fingerprint density at radius 1 is 1.36 bits per heavy atom. The molecule has 0 saturated carbocycles. The zero-order valence-electron chi connectivity index (χ0n) is 7.50. The Labute approximate surface area is 67.9 Å². The molecule has 1 aliphatic heterocycles. The molecule has 1 heterocycles. The van der Waals surface area contributed by atoms with E-state index < -0.39 is 0 Å². The van der Waals surface area contributed by atoms with Crippen molar-refractivity contribution in [3.05, 3.63) is 0 Å². The standard InChI is InChI=1S/C8H16N2O/c1-7(2)9-5-4-6-10(9)8(3)11/h7H,4-6H2,1-3H3. The normalized spacial score (nSPS) is 19.8. The summed E-state index contributed by atoms with van der Waals surface area (Å²) in [5.74, 6) is 0.163. The molecule has 1 rings (SSSR count). The van der Waals surface area contributed by atoms with Gasteiger partial charge in [-0.15, -0.1) is 0 Å². The smallest absolute Gasteiger partial charge is 0.233 e. The van der Waals surface area contributed by atoms with Gasteiger partial charge in [-0.2, -0.15) is 0 Å². The molecular formula is C8H16N2O. The third kappa shape index (κ3) is 1.71. The first-order chi connectivity index (χ1) is 5.13. The maximum absolute atomic E-state index is 11.0. The van der Waals surface area contributed by atoms with Crippen LogP contribution in [0.25, 0.3) is 0 Å². The van der Waals surface area contributed by atoms with E-state index in [0.29, 0.717) is 6.04 Å². The molecule has 0 radical (unpaired) electrons. The Bertz CT molecular complexity index is 156. The summed E-state index contributed by atoms with van der Waals surface area (Å²) < 4.78 is 0. The summed E-state index contributed by atoms with van der Waals surface area (Å²) in [5, 5.41) is 3.97. The average molecular weight is 156 g/mol. The van der Waals surface area contributed by atoms with Crippen molar-refractivity contribution in [1.82, 2.24) is 10.0 Å². The van der Waals surface area contributed by atoms with Crippen LogP contribution in [-0.2, 0) is 4.79 Å². The van der Waals surface area contributed by atoms with Crippen LogP contribution < -0.4 is 0 Å². The number of hydrogen-bond donors (Lipinski definition) is 0. The minimum absolute atomic E-state index is 0.163. The number of amides is 1. The number of hydrazine groups is 1. The van der Waals surface area contributed by atoms with E-state index in [1.807, 2.05) is 5.01 Å². The summed E-state index contributed by atoms with van der Waals surface area (Å²) >= 11 is 0. The molecular weight excluding hydrogens is 140 g/mol.